The minimum Gasteiger partial charge on any atom is -0.392 e. The molecule has 0 amide bonds. The first-order valence-electron chi connectivity index (χ1n) is 6.07. The van der Waals surface area contributed by atoms with Gasteiger partial charge in [-0.3, -0.25) is 0 Å². The van der Waals surface area contributed by atoms with Crippen molar-refractivity contribution in [1.29, 1.82) is 0 Å². The third-order valence-electron chi connectivity index (χ3n) is 3.06. The third-order valence-corrected chi connectivity index (χ3v) is 3.96. The molecular weight excluding hydrogens is 218 g/mol. The van der Waals surface area contributed by atoms with Gasteiger partial charge in [-0.2, -0.15) is 0 Å². The van der Waals surface area contributed by atoms with Gasteiger partial charge in [-0.15, -0.1) is 11.3 Å². The highest BCUT2D eigenvalue weighted by Crippen LogP contribution is 2.11. The summed E-state index contributed by atoms with van der Waals surface area (Å²) < 4.78 is 0. The van der Waals surface area contributed by atoms with Crippen LogP contribution in [0, 0.1) is 5.92 Å². The van der Waals surface area contributed by atoms with Gasteiger partial charge in [0.25, 0.3) is 0 Å². The predicted octanol–water partition coefficient (Wildman–Crippen LogP) is 2.68. The van der Waals surface area contributed by atoms with Gasteiger partial charge in [0, 0.05) is 17.5 Å². The Balaban J connectivity index is 2.22. The number of thiophene rings is 1. The van der Waals surface area contributed by atoms with E-state index >= 15 is 0 Å². The zero-order valence-corrected chi connectivity index (χ0v) is 11.3. The Hall–Kier alpha value is -0.380. The predicted molar refractivity (Wildman–Crippen MR) is 70.9 cm³/mol. The van der Waals surface area contributed by atoms with E-state index in [-0.39, 0.29) is 6.10 Å². The van der Waals surface area contributed by atoms with Gasteiger partial charge in [-0.05, 0) is 30.7 Å². The summed E-state index contributed by atoms with van der Waals surface area (Å²) in [5.41, 5.74) is 0. The second kappa shape index (κ2) is 7.05. The van der Waals surface area contributed by atoms with Gasteiger partial charge in [0.2, 0.25) is 0 Å². The van der Waals surface area contributed by atoms with E-state index in [2.05, 4.69) is 43.6 Å². The van der Waals surface area contributed by atoms with Crippen molar-refractivity contribution < 1.29 is 5.11 Å². The molecule has 0 aromatic carbocycles. The lowest BCUT2D eigenvalue weighted by molar-refractivity contribution is 0.110. The fraction of sp³-hybridized carbons (Fsp3) is 0.692. The SMILES string of the molecule is CCC(C)C(O)CNC(C)Cc1cccs1. The molecule has 0 saturated carbocycles. The zero-order chi connectivity index (χ0) is 12.0. The maximum Gasteiger partial charge on any atom is 0.0690 e. The molecule has 1 heterocycles. The molecule has 0 aliphatic heterocycles. The first-order valence-corrected chi connectivity index (χ1v) is 6.95. The second-order valence-corrected chi connectivity index (χ2v) is 5.58. The van der Waals surface area contributed by atoms with Crippen LogP contribution >= 0.6 is 11.3 Å². The molecule has 3 heteroatoms. The van der Waals surface area contributed by atoms with Crippen molar-refractivity contribution >= 4 is 11.3 Å². The van der Waals surface area contributed by atoms with Crippen LogP contribution in [0.1, 0.15) is 32.1 Å². The lowest BCUT2D eigenvalue weighted by Crippen LogP contribution is -2.37. The van der Waals surface area contributed by atoms with Crippen LogP contribution in [0.25, 0.3) is 0 Å². The van der Waals surface area contributed by atoms with Crippen LogP contribution in [0.15, 0.2) is 17.5 Å². The number of nitrogens with one attached hydrogen (secondary N) is 1. The minimum atomic E-state index is -0.226. The summed E-state index contributed by atoms with van der Waals surface area (Å²) in [6.45, 7) is 7.07. The van der Waals surface area contributed by atoms with E-state index in [4.69, 9.17) is 0 Å². The summed E-state index contributed by atoms with van der Waals surface area (Å²) in [6, 6.07) is 4.67. The number of hydrogen-bond donors (Lipinski definition) is 2. The average Bonchev–Trinajstić information content (AvgIpc) is 2.77. The van der Waals surface area contributed by atoms with Crippen molar-refractivity contribution in [3.05, 3.63) is 22.4 Å². The molecule has 1 rings (SSSR count). The highest BCUT2D eigenvalue weighted by atomic mass is 32.1. The zero-order valence-electron chi connectivity index (χ0n) is 10.4. The van der Waals surface area contributed by atoms with E-state index in [0.717, 1.165) is 12.8 Å². The van der Waals surface area contributed by atoms with E-state index in [1.165, 1.54) is 4.88 Å². The molecule has 1 aromatic heterocycles. The average molecular weight is 241 g/mol. The fourth-order valence-corrected chi connectivity index (χ4v) is 2.43. The summed E-state index contributed by atoms with van der Waals surface area (Å²) in [7, 11) is 0. The van der Waals surface area contributed by atoms with Gasteiger partial charge >= 0.3 is 0 Å². The van der Waals surface area contributed by atoms with Crippen LogP contribution in [0.3, 0.4) is 0 Å². The van der Waals surface area contributed by atoms with Gasteiger partial charge in [-0.25, -0.2) is 0 Å². The molecule has 0 fully saturated rings. The van der Waals surface area contributed by atoms with E-state index in [0.29, 0.717) is 18.5 Å². The molecule has 92 valence electrons. The van der Waals surface area contributed by atoms with Crippen molar-refractivity contribution in [3.63, 3.8) is 0 Å². The summed E-state index contributed by atoms with van der Waals surface area (Å²) in [5.74, 6) is 0.376. The van der Waals surface area contributed by atoms with Crippen LogP contribution < -0.4 is 5.32 Å². The van der Waals surface area contributed by atoms with Crippen molar-refractivity contribution in [3.8, 4) is 0 Å². The molecule has 0 bridgehead atoms. The number of aliphatic hydroxyl groups excluding tert-OH is 1. The molecular formula is C13H23NOS. The Morgan fingerprint density at radius 2 is 2.19 bits per heavy atom. The summed E-state index contributed by atoms with van der Waals surface area (Å²) in [6.07, 6.45) is 1.85. The Labute approximate surface area is 103 Å². The van der Waals surface area contributed by atoms with Gasteiger partial charge in [0.05, 0.1) is 6.10 Å². The number of aliphatic hydroxyl groups is 1. The highest BCUT2D eigenvalue weighted by Gasteiger charge is 2.13. The lowest BCUT2D eigenvalue weighted by atomic mass is 10.0. The molecule has 3 atom stereocenters. The molecule has 0 aliphatic carbocycles. The smallest absolute Gasteiger partial charge is 0.0690 e. The topological polar surface area (TPSA) is 32.3 Å². The van der Waals surface area contributed by atoms with Crippen molar-refractivity contribution in [2.45, 2.75) is 45.8 Å². The maximum atomic E-state index is 9.83. The quantitative estimate of drug-likeness (QED) is 0.769. The van der Waals surface area contributed by atoms with Crippen molar-refractivity contribution in [2.75, 3.05) is 6.54 Å². The summed E-state index contributed by atoms with van der Waals surface area (Å²) >= 11 is 1.79. The summed E-state index contributed by atoms with van der Waals surface area (Å²) in [4.78, 5) is 1.40. The molecule has 0 spiro atoms. The van der Waals surface area contributed by atoms with Crippen LogP contribution in [-0.4, -0.2) is 23.8 Å². The minimum absolute atomic E-state index is 0.226. The third kappa shape index (κ3) is 4.64. The maximum absolute atomic E-state index is 9.83. The van der Waals surface area contributed by atoms with E-state index in [9.17, 15) is 5.11 Å². The lowest BCUT2D eigenvalue weighted by Gasteiger charge is -2.20. The molecule has 0 radical (unpaired) electrons. The van der Waals surface area contributed by atoms with Crippen LogP contribution in [-0.2, 0) is 6.42 Å². The normalized spacial score (nSPS) is 17.0. The van der Waals surface area contributed by atoms with E-state index in [1.807, 2.05) is 0 Å². The Morgan fingerprint density at radius 3 is 2.75 bits per heavy atom. The molecule has 1 aromatic rings. The van der Waals surface area contributed by atoms with Gasteiger partial charge in [0.1, 0.15) is 0 Å². The first-order chi connectivity index (χ1) is 7.63. The Kier molecular flexibility index (Phi) is 6.03. The molecule has 2 N–H and O–H groups in total. The Morgan fingerprint density at radius 1 is 1.44 bits per heavy atom. The molecule has 0 saturated heterocycles. The molecule has 3 unspecified atom stereocenters. The molecule has 2 nitrogen and oxygen atoms in total. The van der Waals surface area contributed by atoms with Gasteiger partial charge < -0.3 is 10.4 Å². The first kappa shape index (κ1) is 13.7. The standard InChI is InChI=1S/C13H23NOS/c1-4-10(2)13(15)9-14-11(3)8-12-6-5-7-16-12/h5-7,10-11,13-15H,4,8-9H2,1-3H3. The fourth-order valence-electron chi connectivity index (χ4n) is 1.60. The highest BCUT2D eigenvalue weighted by molar-refractivity contribution is 7.09. The van der Waals surface area contributed by atoms with Crippen molar-refractivity contribution in [2.24, 2.45) is 5.92 Å². The Bertz CT molecular complexity index is 273. The van der Waals surface area contributed by atoms with Gasteiger partial charge in [-0.1, -0.05) is 26.3 Å². The largest absolute Gasteiger partial charge is 0.392 e. The molecule has 0 aliphatic rings. The van der Waals surface area contributed by atoms with Crippen LogP contribution in [0.2, 0.25) is 0 Å². The van der Waals surface area contributed by atoms with Crippen LogP contribution in [0.4, 0.5) is 0 Å². The summed E-state index contributed by atoms with van der Waals surface area (Å²) in [5, 5.41) is 15.3. The number of hydrogen-bond acceptors (Lipinski definition) is 3. The van der Waals surface area contributed by atoms with E-state index in [1.54, 1.807) is 11.3 Å². The second-order valence-electron chi connectivity index (χ2n) is 4.55. The van der Waals surface area contributed by atoms with Gasteiger partial charge in [0.15, 0.2) is 0 Å². The monoisotopic (exact) mass is 241 g/mol. The van der Waals surface area contributed by atoms with E-state index < -0.39 is 0 Å². The van der Waals surface area contributed by atoms with Crippen molar-refractivity contribution in [1.82, 2.24) is 5.32 Å². The molecule has 16 heavy (non-hydrogen) atoms. The number of rotatable bonds is 7. The van der Waals surface area contributed by atoms with Crippen LogP contribution in [0.5, 0.6) is 0 Å².